The van der Waals surface area contributed by atoms with Gasteiger partial charge in [0.25, 0.3) is 0 Å². The number of piperidine rings is 1. The number of rotatable bonds is 2. The van der Waals surface area contributed by atoms with Crippen LogP contribution in [0.25, 0.3) is 11.0 Å². The average molecular weight is 298 g/mol. The zero-order chi connectivity index (χ0) is 15.1. The molecule has 4 rings (SSSR count). The van der Waals surface area contributed by atoms with Crippen molar-refractivity contribution in [2.75, 3.05) is 31.2 Å². The maximum Gasteiger partial charge on any atom is 0.226 e. The largest absolute Gasteiger partial charge is 0.383 e. The Labute approximate surface area is 130 Å². The van der Waals surface area contributed by atoms with E-state index in [0.717, 1.165) is 49.8 Å². The van der Waals surface area contributed by atoms with E-state index in [9.17, 15) is 0 Å². The number of likely N-dealkylation sites (tertiary alicyclic amines) is 1. The molecule has 2 aromatic heterocycles. The van der Waals surface area contributed by atoms with Gasteiger partial charge in [0, 0.05) is 12.2 Å². The minimum absolute atomic E-state index is 0.419. The fraction of sp³-hybridized carbons (Fsp3) is 0.562. The lowest BCUT2D eigenvalue weighted by Crippen LogP contribution is -2.37. The number of aryl methyl sites for hydroxylation is 2. The van der Waals surface area contributed by atoms with E-state index in [1.54, 1.807) is 0 Å². The van der Waals surface area contributed by atoms with Gasteiger partial charge in [0.1, 0.15) is 5.82 Å². The van der Waals surface area contributed by atoms with E-state index in [2.05, 4.69) is 32.2 Å². The lowest BCUT2D eigenvalue weighted by Gasteiger charge is -2.29. The van der Waals surface area contributed by atoms with Crippen LogP contribution in [0.3, 0.4) is 0 Å². The van der Waals surface area contributed by atoms with Gasteiger partial charge in [-0.25, -0.2) is 4.98 Å². The zero-order valence-corrected chi connectivity index (χ0v) is 13.0. The smallest absolute Gasteiger partial charge is 0.226 e. The Kier molecular flexibility index (Phi) is 3.33. The number of pyridine rings is 1. The number of nitrogens with one attached hydrogen (secondary N) is 1. The first-order chi connectivity index (χ1) is 10.7. The summed E-state index contributed by atoms with van der Waals surface area (Å²) in [6.45, 7) is 2.21. The van der Waals surface area contributed by atoms with Gasteiger partial charge < -0.3 is 16.0 Å². The second kappa shape index (κ2) is 5.35. The van der Waals surface area contributed by atoms with Crippen molar-refractivity contribution < 1.29 is 0 Å². The molecule has 6 nitrogen and oxygen atoms in total. The molecule has 1 aliphatic heterocycles. The van der Waals surface area contributed by atoms with E-state index in [-0.39, 0.29) is 0 Å². The molecule has 1 aliphatic carbocycles. The van der Waals surface area contributed by atoms with Crippen molar-refractivity contribution >= 4 is 22.8 Å². The van der Waals surface area contributed by atoms with Gasteiger partial charge in [-0.1, -0.05) is 0 Å². The van der Waals surface area contributed by atoms with Crippen LogP contribution in [0.2, 0.25) is 0 Å². The molecule has 0 atom stereocenters. The van der Waals surface area contributed by atoms with Gasteiger partial charge in [-0.15, -0.1) is 0 Å². The summed E-state index contributed by atoms with van der Waals surface area (Å²) in [6.07, 6.45) is 7.49. The highest BCUT2D eigenvalue weighted by molar-refractivity contribution is 5.90. The molecule has 3 heterocycles. The van der Waals surface area contributed by atoms with Gasteiger partial charge in [-0.2, -0.15) is 9.97 Å². The summed E-state index contributed by atoms with van der Waals surface area (Å²) in [7, 11) is 2.16. The first kappa shape index (κ1) is 13.7. The first-order valence-electron chi connectivity index (χ1n) is 8.10. The lowest BCUT2D eigenvalue weighted by atomic mass is 10.1. The van der Waals surface area contributed by atoms with Crippen molar-refractivity contribution in [1.29, 1.82) is 0 Å². The SMILES string of the molecule is CN1CCC(Nc2nc(N)c3c4c(cnc3n2)CCC4)CC1. The van der Waals surface area contributed by atoms with Crippen LogP contribution in [0.15, 0.2) is 6.20 Å². The van der Waals surface area contributed by atoms with E-state index in [1.807, 2.05) is 6.20 Å². The summed E-state index contributed by atoms with van der Waals surface area (Å²) >= 11 is 0. The number of nitrogen functional groups attached to an aromatic ring is 1. The Morgan fingerprint density at radius 3 is 2.86 bits per heavy atom. The summed E-state index contributed by atoms with van der Waals surface area (Å²) in [5, 5.41) is 4.40. The van der Waals surface area contributed by atoms with E-state index < -0.39 is 0 Å². The number of hydrogen-bond acceptors (Lipinski definition) is 6. The van der Waals surface area contributed by atoms with Crippen LogP contribution in [0.1, 0.15) is 30.4 Å². The molecule has 0 spiro atoms. The second-order valence-electron chi connectivity index (χ2n) is 6.47. The van der Waals surface area contributed by atoms with Gasteiger partial charge in [0.15, 0.2) is 5.65 Å². The number of nitrogens with zero attached hydrogens (tertiary/aromatic N) is 4. The molecular formula is C16H22N6. The molecule has 1 saturated heterocycles. The van der Waals surface area contributed by atoms with Gasteiger partial charge in [0.05, 0.1) is 5.39 Å². The van der Waals surface area contributed by atoms with Crippen molar-refractivity contribution in [2.24, 2.45) is 0 Å². The average Bonchev–Trinajstić information content (AvgIpc) is 2.97. The predicted molar refractivity (Wildman–Crippen MR) is 87.9 cm³/mol. The van der Waals surface area contributed by atoms with E-state index in [1.165, 1.54) is 17.5 Å². The van der Waals surface area contributed by atoms with Crippen LogP contribution >= 0.6 is 0 Å². The standard InChI is InChI=1S/C16H22N6/c1-22-7-5-11(6-8-22)19-16-20-14(17)13-12-4-2-3-10(12)9-18-15(13)21-16/h9,11H,2-8H2,1H3,(H3,17,18,19,20,21). The van der Waals surface area contributed by atoms with Crippen molar-refractivity contribution in [2.45, 2.75) is 38.1 Å². The number of anilines is 2. The van der Waals surface area contributed by atoms with E-state index in [4.69, 9.17) is 5.73 Å². The van der Waals surface area contributed by atoms with Gasteiger partial charge in [-0.3, -0.25) is 0 Å². The molecule has 22 heavy (non-hydrogen) atoms. The molecule has 1 fully saturated rings. The van der Waals surface area contributed by atoms with Crippen LogP contribution in [0, 0.1) is 0 Å². The van der Waals surface area contributed by atoms with Crippen molar-refractivity contribution in [3.05, 3.63) is 17.3 Å². The first-order valence-corrected chi connectivity index (χ1v) is 8.10. The summed E-state index contributed by atoms with van der Waals surface area (Å²) in [6, 6.07) is 0.419. The van der Waals surface area contributed by atoms with Gasteiger partial charge in [-0.05, 0) is 63.4 Å². The van der Waals surface area contributed by atoms with Crippen molar-refractivity contribution in [1.82, 2.24) is 19.9 Å². The van der Waals surface area contributed by atoms with Crippen LogP contribution in [0.5, 0.6) is 0 Å². The van der Waals surface area contributed by atoms with Crippen molar-refractivity contribution in [3.8, 4) is 0 Å². The molecule has 0 saturated carbocycles. The highest BCUT2D eigenvalue weighted by atomic mass is 15.2. The molecule has 2 aromatic rings. The topological polar surface area (TPSA) is 80.0 Å². The van der Waals surface area contributed by atoms with Crippen LogP contribution < -0.4 is 11.1 Å². The Balaban J connectivity index is 1.65. The molecule has 6 heteroatoms. The summed E-state index contributed by atoms with van der Waals surface area (Å²) in [4.78, 5) is 15.9. The van der Waals surface area contributed by atoms with Crippen LogP contribution in [0.4, 0.5) is 11.8 Å². The Bertz CT molecular complexity index is 705. The normalized spacial score (nSPS) is 19.5. The van der Waals surface area contributed by atoms with Crippen molar-refractivity contribution in [3.63, 3.8) is 0 Å². The van der Waals surface area contributed by atoms with Gasteiger partial charge >= 0.3 is 0 Å². The quantitative estimate of drug-likeness (QED) is 0.876. The van der Waals surface area contributed by atoms with E-state index >= 15 is 0 Å². The molecule has 116 valence electrons. The monoisotopic (exact) mass is 298 g/mol. The molecule has 0 aromatic carbocycles. The molecule has 0 amide bonds. The molecule has 0 unspecified atom stereocenters. The minimum Gasteiger partial charge on any atom is -0.383 e. The number of aromatic nitrogens is 3. The Morgan fingerprint density at radius 2 is 2.05 bits per heavy atom. The molecule has 0 bridgehead atoms. The summed E-state index contributed by atoms with van der Waals surface area (Å²) < 4.78 is 0. The Hall–Kier alpha value is -1.95. The summed E-state index contributed by atoms with van der Waals surface area (Å²) in [5.41, 5.74) is 9.55. The zero-order valence-electron chi connectivity index (χ0n) is 13.0. The maximum atomic E-state index is 6.22. The number of fused-ring (bicyclic) bond motifs is 3. The third-order valence-electron chi connectivity index (χ3n) is 4.87. The van der Waals surface area contributed by atoms with Gasteiger partial charge in [0.2, 0.25) is 5.95 Å². The van der Waals surface area contributed by atoms with Crippen LogP contribution in [-0.4, -0.2) is 46.0 Å². The highest BCUT2D eigenvalue weighted by Gasteiger charge is 2.21. The predicted octanol–water partition coefficient (Wildman–Crippen LogP) is 1.60. The van der Waals surface area contributed by atoms with E-state index in [0.29, 0.717) is 17.8 Å². The molecule has 0 radical (unpaired) electrons. The Morgan fingerprint density at radius 1 is 1.23 bits per heavy atom. The van der Waals surface area contributed by atoms with Crippen LogP contribution in [-0.2, 0) is 12.8 Å². The second-order valence-corrected chi connectivity index (χ2v) is 6.47. The third-order valence-corrected chi connectivity index (χ3v) is 4.87. The molecular weight excluding hydrogens is 276 g/mol. The molecule has 3 N–H and O–H groups in total. The number of hydrogen-bond donors (Lipinski definition) is 2. The highest BCUT2D eigenvalue weighted by Crippen LogP contribution is 2.31. The summed E-state index contributed by atoms with van der Waals surface area (Å²) in [5.74, 6) is 1.18. The lowest BCUT2D eigenvalue weighted by molar-refractivity contribution is 0.263. The molecule has 2 aliphatic rings. The fourth-order valence-electron chi connectivity index (χ4n) is 3.58. The number of nitrogens with two attached hydrogens (primary N) is 1. The maximum absolute atomic E-state index is 6.22. The fourth-order valence-corrected chi connectivity index (χ4v) is 3.58. The third kappa shape index (κ3) is 2.37. The minimum atomic E-state index is 0.419.